The number of nitrogens with one attached hydrogen (secondary N) is 1. The second kappa shape index (κ2) is 10.5. The standard InChI is InChI=1S/C17H26N2O3.ClH/c1-18-13-14-7-9-19(10-8-14)17(20)15-3-5-16(6-4-15)22-12-11-21-2;/h3-6,14,18H,7-13H2,1-2H3;1H. The molecular weight excluding hydrogens is 316 g/mol. The van der Waals surface area contributed by atoms with Crippen molar-refractivity contribution in [2.45, 2.75) is 12.8 Å². The number of piperidine rings is 1. The van der Waals surface area contributed by atoms with Crippen molar-refractivity contribution in [3.8, 4) is 5.75 Å². The van der Waals surface area contributed by atoms with Gasteiger partial charge in [0.2, 0.25) is 0 Å². The first-order valence-corrected chi connectivity index (χ1v) is 7.90. The van der Waals surface area contributed by atoms with Crippen LogP contribution in [0.5, 0.6) is 5.75 Å². The summed E-state index contributed by atoms with van der Waals surface area (Å²) in [6, 6.07) is 7.36. The number of ether oxygens (including phenoxy) is 2. The number of methoxy groups -OCH3 is 1. The largest absolute Gasteiger partial charge is 0.491 e. The average Bonchev–Trinajstić information content (AvgIpc) is 2.56. The molecule has 1 saturated heterocycles. The van der Waals surface area contributed by atoms with Crippen LogP contribution in [0.25, 0.3) is 0 Å². The van der Waals surface area contributed by atoms with Crippen LogP contribution in [0.4, 0.5) is 0 Å². The third kappa shape index (κ3) is 6.01. The van der Waals surface area contributed by atoms with Gasteiger partial charge in [0.05, 0.1) is 6.61 Å². The summed E-state index contributed by atoms with van der Waals surface area (Å²) in [5, 5.41) is 3.21. The summed E-state index contributed by atoms with van der Waals surface area (Å²) in [6.45, 7) is 3.80. The number of halogens is 1. The molecule has 23 heavy (non-hydrogen) atoms. The molecule has 0 unspecified atom stereocenters. The molecule has 0 aliphatic carbocycles. The number of carbonyl (C=O) groups is 1. The molecule has 1 fully saturated rings. The average molecular weight is 343 g/mol. The summed E-state index contributed by atoms with van der Waals surface area (Å²) >= 11 is 0. The second-order valence-electron chi connectivity index (χ2n) is 5.66. The number of nitrogens with zero attached hydrogens (tertiary/aromatic N) is 1. The molecule has 2 rings (SSSR count). The number of likely N-dealkylation sites (tertiary alicyclic amines) is 1. The molecule has 0 atom stereocenters. The summed E-state index contributed by atoms with van der Waals surface area (Å²) in [5.41, 5.74) is 0.728. The maximum absolute atomic E-state index is 12.5. The van der Waals surface area contributed by atoms with E-state index in [4.69, 9.17) is 9.47 Å². The van der Waals surface area contributed by atoms with E-state index < -0.39 is 0 Å². The number of hydrogen-bond acceptors (Lipinski definition) is 4. The van der Waals surface area contributed by atoms with Crippen molar-refractivity contribution in [2.24, 2.45) is 5.92 Å². The van der Waals surface area contributed by atoms with Gasteiger partial charge >= 0.3 is 0 Å². The maximum atomic E-state index is 12.5. The Bertz CT molecular complexity index is 459. The highest BCUT2D eigenvalue weighted by atomic mass is 35.5. The monoisotopic (exact) mass is 342 g/mol. The molecule has 1 amide bonds. The lowest BCUT2D eigenvalue weighted by molar-refractivity contribution is 0.0691. The van der Waals surface area contributed by atoms with Gasteiger partial charge in [-0.15, -0.1) is 12.4 Å². The van der Waals surface area contributed by atoms with Crippen LogP contribution >= 0.6 is 12.4 Å². The zero-order chi connectivity index (χ0) is 15.8. The van der Waals surface area contributed by atoms with Crippen LogP contribution < -0.4 is 10.1 Å². The van der Waals surface area contributed by atoms with Crippen LogP contribution in [0, 0.1) is 5.92 Å². The topological polar surface area (TPSA) is 50.8 Å². The first-order chi connectivity index (χ1) is 10.7. The van der Waals surface area contributed by atoms with Crippen LogP contribution in [0.1, 0.15) is 23.2 Å². The Balaban J connectivity index is 0.00000264. The number of rotatable bonds is 7. The van der Waals surface area contributed by atoms with Gasteiger partial charge in [0.1, 0.15) is 12.4 Å². The quantitative estimate of drug-likeness (QED) is 0.772. The Hall–Kier alpha value is -1.30. The van der Waals surface area contributed by atoms with E-state index in [2.05, 4.69) is 5.32 Å². The SMILES string of the molecule is CNCC1CCN(C(=O)c2ccc(OCCOC)cc2)CC1.Cl. The van der Waals surface area contributed by atoms with E-state index >= 15 is 0 Å². The molecule has 1 aliphatic heterocycles. The molecule has 0 radical (unpaired) electrons. The van der Waals surface area contributed by atoms with Crippen molar-refractivity contribution >= 4 is 18.3 Å². The van der Waals surface area contributed by atoms with Crippen molar-refractivity contribution in [2.75, 3.05) is 47.0 Å². The predicted octanol–water partition coefficient (Wildman–Crippen LogP) is 2.21. The van der Waals surface area contributed by atoms with Gasteiger partial charge in [-0.2, -0.15) is 0 Å². The molecule has 1 aromatic carbocycles. The maximum Gasteiger partial charge on any atom is 0.253 e. The zero-order valence-corrected chi connectivity index (χ0v) is 14.7. The highest BCUT2D eigenvalue weighted by molar-refractivity contribution is 5.94. The molecule has 0 aromatic heterocycles. The van der Waals surface area contributed by atoms with Crippen LogP contribution in [-0.2, 0) is 4.74 Å². The van der Waals surface area contributed by atoms with E-state index in [1.54, 1.807) is 7.11 Å². The van der Waals surface area contributed by atoms with E-state index in [-0.39, 0.29) is 18.3 Å². The molecule has 6 heteroatoms. The Morgan fingerprint density at radius 1 is 1.22 bits per heavy atom. The fourth-order valence-corrected chi connectivity index (χ4v) is 2.75. The Morgan fingerprint density at radius 3 is 2.43 bits per heavy atom. The first kappa shape index (κ1) is 19.7. The van der Waals surface area contributed by atoms with Crippen LogP contribution in [-0.4, -0.2) is 57.8 Å². The highest BCUT2D eigenvalue weighted by Crippen LogP contribution is 2.19. The van der Waals surface area contributed by atoms with Gasteiger partial charge in [0.15, 0.2) is 0 Å². The molecular formula is C17H27ClN2O3. The Morgan fingerprint density at radius 2 is 1.87 bits per heavy atom. The van der Waals surface area contributed by atoms with Gasteiger partial charge in [-0.1, -0.05) is 0 Å². The molecule has 0 saturated carbocycles. The summed E-state index contributed by atoms with van der Waals surface area (Å²) in [4.78, 5) is 14.4. The zero-order valence-electron chi connectivity index (χ0n) is 13.9. The molecule has 1 aliphatic rings. The van der Waals surface area contributed by atoms with E-state index in [9.17, 15) is 4.79 Å². The van der Waals surface area contributed by atoms with Crippen LogP contribution in [0.15, 0.2) is 24.3 Å². The summed E-state index contributed by atoms with van der Waals surface area (Å²) < 4.78 is 10.5. The van der Waals surface area contributed by atoms with E-state index in [1.165, 1.54) is 0 Å². The number of amides is 1. The first-order valence-electron chi connectivity index (χ1n) is 7.90. The van der Waals surface area contributed by atoms with Crippen molar-refractivity contribution in [1.29, 1.82) is 0 Å². The minimum Gasteiger partial charge on any atom is -0.491 e. The van der Waals surface area contributed by atoms with Crippen LogP contribution in [0.3, 0.4) is 0 Å². The molecule has 1 aromatic rings. The van der Waals surface area contributed by atoms with Gasteiger partial charge < -0.3 is 19.7 Å². The van der Waals surface area contributed by atoms with Crippen LogP contribution in [0.2, 0.25) is 0 Å². The third-order valence-corrected chi connectivity index (χ3v) is 4.05. The highest BCUT2D eigenvalue weighted by Gasteiger charge is 2.23. The minimum atomic E-state index is 0. The summed E-state index contributed by atoms with van der Waals surface area (Å²) in [6.07, 6.45) is 2.15. The summed E-state index contributed by atoms with van der Waals surface area (Å²) in [5.74, 6) is 1.57. The fraction of sp³-hybridized carbons (Fsp3) is 0.588. The second-order valence-corrected chi connectivity index (χ2v) is 5.66. The lowest BCUT2D eigenvalue weighted by atomic mass is 9.96. The lowest BCUT2D eigenvalue weighted by Gasteiger charge is -2.32. The minimum absolute atomic E-state index is 0. The van der Waals surface area contributed by atoms with Crippen molar-refractivity contribution in [3.05, 3.63) is 29.8 Å². The van der Waals surface area contributed by atoms with Crippen molar-refractivity contribution < 1.29 is 14.3 Å². The molecule has 1 heterocycles. The number of carbonyl (C=O) groups excluding carboxylic acids is 1. The van der Waals surface area contributed by atoms with Gasteiger partial charge in [0.25, 0.3) is 5.91 Å². The molecule has 1 N–H and O–H groups in total. The van der Waals surface area contributed by atoms with Gasteiger partial charge in [-0.25, -0.2) is 0 Å². The Kier molecular flexibility index (Phi) is 8.99. The number of benzene rings is 1. The molecule has 5 nitrogen and oxygen atoms in total. The lowest BCUT2D eigenvalue weighted by Crippen LogP contribution is -2.40. The van der Waals surface area contributed by atoms with Crippen molar-refractivity contribution in [1.82, 2.24) is 10.2 Å². The van der Waals surface area contributed by atoms with E-state index in [1.807, 2.05) is 36.2 Å². The van der Waals surface area contributed by atoms with E-state index in [0.717, 1.165) is 43.8 Å². The normalized spacial score (nSPS) is 15.1. The number of hydrogen-bond donors (Lipinski definition) is 1. The smallest absolute Gasteiger partial charge is 0.253 e. The molecule has 130 valence electrons. The molecule has 0 bridgehead atoms. The van der Waals surface area contributed by atoms with Gasteiger partial charge in [0, 0.05) is 25.8 Å². The van der Waals surface area contributed by atoms with Crippen molar-refractivity contribution in [3.63, 3.8) is 0 Å². The molecule has 0 spiro atoms. The predicted molar refractivity (Wildman–Crippen MR) is 93.6 cm³/mol. The van der Waals surface area contributed by atoms with Gasteiger partial charge in [-0.3, -0.25) is 4.79 Å². The van der Waals surface area contributed by atoms with E-state index in [0.29, 0.717) is 19.1 Å². The van der Waals surface area contributed by atoms with Gasteiger partial charge in [-0.05, 0) is 56.6 Å². The summed E-state index contributed by atoms with van der Waals surface area (Å²) in [7, 11) is 3.62. The third-order valence-electron chi connectivity index (χ3n) is 4.05. The fourth-order valence-electron chi connectivity index (χ4n) is 2.75. The Labute approximate surface area is 144 Å².